The SMILES string of the molecule is CC(CN)C(=O)NCc1cccc(C(=O)NCCN(C)C)c1. The van der Waals surface area contributed by atoms with Crippen molar-refractivity contribution in [3.63, 3.8) is 0 Å². The molecule has 0 spiro atoms. The third kappa shape index (κ3) is 6.24. The second-order valence-corrected chi connectivity index (χ2v) is 5.61. The quantitative estimate of drug-likeness (QED) is 0.640. The van der Waals surface area contributed by atoms with Crippen molar-refractivity contribution in [1.29, 1.82) is 0 Å². The van der Waals surface area contributed by atoms with E-state index in [9.17, 15) is 9.59 Å². The topological polar surface area (TPSA) is 87.5 Å². The van der Waals surface area contributed by atoms with Crippen LogP contribution in [-0.4, -0.2) is 50.4 Å². The van der Waals surface area contributed by atoms with Crippen LogP contribution in [0.25, 0.3) is 0 Å². The van der Waals surface area contributed by atoms with E-state index in [0.29, 0.717) is 25.2 Å². The lowest BCUT2D eigenvalue weighted by Gasteiger charge is -2.12. The van der Waals surface area contributed by atoms with Crippen molar-refractivity contribution >= 4 is 11.8 Å². The molecule has 1 rings (SSSR count). The highest BCUT2D eigenvalue weighted by atomic mass is 16.2. The molecule has 1 aromatic carbocycles. The van der Waals surface area contributed by atoms with Crippen molar-refractivity contribution in [2.24, 2.45) is 11.7 Å². The maximum absolute atomic E-state index is 12.0. The minimum absolute atomic E-state index is 0.0802. The molecule has 0 aliphatic heterocycles. The zero-order chi connectivity index (χ0) is 16.5. The van der Waals surface area contributed by atoms with E-state index < -0.39 is 0 Å². The highest BCUT2D eigenvalue weighted by molar-refractivity contribution is 5.94. The van der Waals surface area contributed by atoms with Gasteiger partial charge in [-0.05, 0) is 31.8 Å². The van der Waals surface area contributed by atoms with Gasteiger partial charge in [0.1, 0.15) is 0 Å². The summed E-state index contributed by atoms with van der Waals surface area (Å²) in [6.45, 7) is 3.88. The monoisotopic (exact) mass is 306 g/mol. The van der Waals surface area contributed by atoms with Gasteiger partial charge in [0.25, 0.3) is 5.91 Å². The van der Waals surface area contributed by atoms with Gasteiger partial charge in [0.2, 0.25) is 5.91 Å². The predicted octanol–water partition coefficient (Wildman–Crippen LogP) is 0.189. The van der Waals surface area contributed by atoms with E-state index in [1.807, 2.05) is 31.1 Å². The minimum Gasteiger partial charge on any atom is -0.352 e. The summed E-state index contributed by atoms with van der Waals surface area (Å²) in [4.78, 5) is 25.7. The van der Waals surface area contributed by atoms with Crippen LogP contribution < -0.4 is 16.4 Å². The van der Waals surface area contributed by atoms with E-state index in [2.05, 4.69) is 10.6 Å². The molecule has 22 heavy (non-hydrogen) atoms. The van der Waals surface area contributed by atoms with Gasteiger partial charge in [-0.3, -0.25) is 9.59 Å². The van der Waals surface area contributed by atoms with Crippen LogP contribution in [0.5, 0.6) is 0 Å². The minimum atomic E-state index is -0.211. The predicted molar refractivity (Wildman–Crippen MR) is 87.4 cm³/mol. The molecule has 0 radical (unpaired) electrons. The molecular formula is C16H26N4O2. The molecule has 1 unspecified atom stereocenters. The summed E-state index contributed by atoms with van der Waals surface area (Å²) < 4.78 is 0. The number of likely N-dealkylation sites (N-methyl/N-ethyl adjacent to an activating group) is 1. The van der Waals surface area contributed by atoms with Gasteiger partial charge in [0.15, 0.2) is 0 Å². The van der Waals surface area contributed by atoms with Crippen molar-refractivity contribution in [2.45, 2.75) is 13.5 Å². The van der Waals surface area contributed by atoms with Crippen molar-refractivity contribution in [2.75, 3.05) is 33.7 Å². The Hall–Kier alpha value is -1.92. The molecule has 0 saturated heterocycles. The Bertz CT molecular complexity index is 503. The van der Waals surface area contributed by atoms with Crippen molar-refractivity contribution in [1.82, 2.24) is 15.5 Å². The molecule has 1 aromatic rings. The maximum atomic E-state index is 12.0. The molecule has 0 aliphatic carbocycles. The number of benzene rings is 1. The number of nitrogens with zero attached hydrogens (tertiary/aromatic N) is 1. The first kappa shape index (κ1) is 18.1. The first-order valence-corrected chi connectivity index (χ1v) is 7.43. The highest BCUT2D eigenvalue weighted by Gasteiger charge is 2.11. The third-order valence-electron chi connectivity index (χ3n) is 3.30. The van der Waals surface area contributed by atoms with Crippen molar-refractivity contribution < 1.29 is 9.59 Å². The summed E-state index contributed by atoms with van der Waals surface area (Å²) in [6, 6.07) is 7.25. The lowest BCUT2D eigenvalue weighted by Crippen LogP contribution is -2.33. The van der Waals surface area contributed by atoms with Crippen LogP contribution in [0.4, 0.5) is 0 Å². The summed E-state index contributed by atoms with van der Waals surface area (Å²) in [5.41, 5.74) is 6.94. The van der Waals surface area contributed by atoms with E-state index in [-0.39, 0.29) is 17.7 Å². The average Bonchev–Trinajstić information content (AvgIpc) is 2.51. The second kappa shape index (κ2) is 9.17. The van der Waals surface area contributed by atoms with Gasteiger partial charge in [-0.2, -0.15) is 0 Å². The fourth-order valence-corrected chi connectivity index (χ4v) is 1.79. The fraction of sp³-hybridized carbons (Fsp3) is 0.500. The molecule has 0 bridgehead atoms. The lowest BCUT2D eigenvalue weighted by atomic mass is 10.1. The number of amides is 2. The van der Waals surface area contributed by atoms with Crippen LogP contribution in [0.1, 0.15) is 22.8 Å². The van der Waals surface area contributed by atoms with E-state index in [4.69, 9.17) is 5.73 Å². The van der Waals surface area contributed by atoms with Crippen LogP contribution in [0.2, 0.25) is 0 Å². The van der Waals surface area contributed by atoms with Gasteiger partial charge in [-0.15, -0.1) is 0 Å². The number of nitrogens with one attached hydrogen (secondary N) is 2. The van der Waals surface area contributed by atoms with Crippen LogP contribution in [0, 0.1) is 5.92 Å². The lowest BCUT2D eigenvalue weighted by molar-refractivity contribution is -0.124. The van der Waals surface area contributed by atoms with Gasteiger partial charge in [0.05, 0.1) is 0 Å². The van der Waals surface area contributed by atoms with Crippen LogP contribution >= 0.6 is 0 Å². The van der Waals surface area contributed by atoms with Crippen molar-refractivity contribution in [3.8, 4) is 0 Å². The Morgan fingerprint density at radius 1 is 1.27 bits per heavy atom. The van der Waals surface area contributed by atoms with E-state index in [1.54, 1.807) is 19.1 Å². The van der Waals surface area contributed by atoms with Crippen LogP contribution in [0.15, 0.2) is 24.3 Å². The molecule has 6 nitrogen and oxygen atoms in total. The van der Waals surface area contributed by atoms with Crippen LogP contribution in [0.3, 0.4) is 0 Å². The molecule has 0 heterocycles. The molecule has 0 fully saturated rings. The normalized spacial score (nSPS) is 12.0. The molecule has 4 N–H and O–H groups in total. The van der Waals surface area contributed by atoms with E-state index in [1.165, 1.54) is 0 Å². The molecule has 0 saturated carbocycles. The zero-order valence-corrected chi connectivity index (χ0v) is 13.6. The van der Waals surface area contributed by atoms with E-state index >= 15 is 0 Å². The molecule has 1 atom stereocenters. The summed E-state index contributed by atoms with van der Waals surface area (Å²) in [5, 5.41) is 5.68. The number of carbonyl (C=O) groups is 2. The molecule has 122 valence electrons. The summed E-state index contributed by atoms with van der Waals surface area (Å²) >= 11 is 0. The highest BCUT2D eigenvalue weighted by Crippen LogP contribution is 2.05. The molecule has 6 heteroatoms. The average molecular weight is 306 g/mol. The number of nitrogens with two attached hydrogens (primary N) is 1. The molecule has 0 aromatic heterocycles. The number of hydrogen-bond acceptors (Lipinski definition) is 4. The first-order chi connectivity index (χ1) is 10.4. The molecule has 0 aliphatic rings. The molecule has 2 amide bonds. The number of hydrogen-bond donors (Lipinski definition) is 3. The van der Waals surface area contributed by atoms with Crippen molar-refractivity contribution in [3.05, 3.63) is 35.4 Å². The van der Waals surface area contributed by atoms with Gasteiger partial charge in [-0.1, -0.05) is 19.1 Å². The van der Waals surface area contributed by atoms with E-state index in [0.717, 1.165) is 12.1 Å². The smallest absolute Gasteiger partial charge is 0.251 e. The molecular weight excluding hydrogens is 280 g/mol. The third-order valence-corrected chi connectivity index (χ3v) is 3.30. The summed E-state index contributed by atoms with van der Waals surface area (Å²) in [6.07, 6.45) is 0. The Balaban J connectivity index is 2.54. The maximum Gasteiger partial charge on any atom is 0.251 e. The Kier molecular flexibility index (Phi) is 7.56. The largest absolute Gasteiger partial charge is 0.352 e. The second-order valence-electron chi connectivity index (χ2n) is 5.61. The van der Waals surface area contributed by atoms with Gasteiger partial charge < -0.3 is 21.3 Å². The standard InChI is InChI=1S/C16H26N4O2/c1-12(10-17)15(21)19-11-13-5-4-6-14(9-13)16(22)18-7-8-20(2)3/h4-6,9,12H,7-8,10-11,17H2,1-3H3,(H,18,22)(H,19,21). The van der Waals surface area contributed by atoms with Gasteiger partial charge >= 0.3 is 0 Å². The first-order valence-electron chi connectivity index (χ1n) is 7.43. The summed E-state index contributed by atoms with van der Waals surface area (Å²) in [7, 11) is 3.91. The van der Waals surface area contributed by atoms with Gasteiger partial charge in [-0.25, -0.2) is 0 Å². The Morgan fingerprint density at radius 2 is 2.00 bits per heavy atom. The van der Waals surface area contributed by atoms with Crippen LogP contribution in [-0.2, 0) is 11.3 Å². The zero-order valence-electron chi connectivity index (χ0n) is 13.6. The number of rotatable bonds is 8. The Labute approximate surface area is 132 Å². The Morgan fingerprint density at radius 3 is 2.64 bits per heavy atom. The van der Waals surface area contributed by atoms with Gasteiger partial charge in [0, 0.05) is 37.7 Å². The number of carbonyl (C=O) groups excluding carboxylic acids is 2. The summed E-state index contributed by atoms with van der Waals surface area (Å²) in [5.74, 6) is -0.397. The fourth-order valence-electron chi connectivity index (χ4n) is 1.79.